The first kappa shape index (κ1) is 16.7. The number of hydrogen-bond acceptors (Lipinski definition) is 8. The van der Waals surface area contributed by atoms with Crippen molar-refractivity contribution in [2.75, 3.05) is 4.90 Å². The highest BCUT2D eigenvalue weighted by molar-refractivity contribution is 8.00. The molecule has 3 aromatic rings. The standard InChI is InChI=1S/C16H16N4O2S3/c1-2-13(21)20(11-5-6-11)15-18-19-16(25-15)24-9-10-8-22-14(17-10)12-4-3-7-23-12/h3-4,7-8,11H,2,5-6,9H2,1H3. The Morgan fingerprint density at radius 1 is 1.44 bits per heavy atom. The molecule has 1 aliphatic carbocycles. The largest absolute Gasteiger partial charge is 0.444 e. The van der Waals surface area contributed by atoms with Crippen LogP contribution >= 0.6 is 34.4 Å². The maximum atomic E-state index is 12.1. The third-order valence-electron chi connectivity index (χ3n) is 3.71. The third kappa shape index (κ3) is 3.78. The molecule has 4 rings (SSSR count). The molecule has 0 saturated heterocycles. The van der Waals surface area contributed by atoms with Gasteiger partial charge in [-0.2, -0.15) is 0 Å². The Morgan fingerprint density at radius 2 is 2.32 bits per heavy atom. The molecule has 1 fully saturated rings. The van der Waals surface area contributed by atoms with Crippen LogP contribution in [0.15, 0.2) is 32.5 Å². The molecule has 0 unspecified atom stereocenters. The van der Waals surface area contributed by atoms with Crippen molar-refractivity contribution >= 4 is 45.5 Å². The Hall–Kier alpha value is -1.71. The van der Waals surface area contributed by atoms with E-state index in [1.165, 1.54) is 11.3 Å². The molecule has 1 aliphatic rings. The predicted octanol–water partition coefficient (Wildman–Crippen LogP) is 4.45. The lowest BCUT2D eigenvalue weighted by atomic mass is 10.4. The SMILES string of the molecule is CCC(=O)N(c1nnc(SCc2coc(-c3cccs3)n2)s1)C1CC1. The van der Waals surface area contributed by atoms with Crippen molar-refractivity contribution in [3.8, 4) is 10.8 Å². The van der Waals surface area contributed by atoms with Crippen molar-refractivity contribution < 1.29 is 9.21 Å². The summed E-state index contributed by atoms with van der Waals surface area (Å²) in [5.41, 5.74) is 0.869. The Bertz CT molecular complexity index is 855. The summed E-state index contributed by atoms with van der Waals surface area (Å²) in [6.07, 6.45) is 4.28. The molecule has 0 radical (unpaired) electrons. The van der Waals surface area contributed by atoms with Crippen LogP contribution in [0.1, 0.15) is 31.9 Å². The van der Waals surface area contributed by atoms with Gasteiger partial charge in [-0.1, -0.05) is 36.1 Å². The second-order valence-electron chi connectivity index (χ2n) is 5.61. The number of carbonyl (C=O) groups excluding carboxylic acids is 1. The summed E-state index contributed by atoms with van der Waals surface area (Å²) < 4.78 is 6.37. The molecule has 3 aromatic heterocycles. The fraction of sp³-hybridized carbons (Fsp3) is 0.375. The van der Waals surface area contributed by atoms with E-state index in [1.807, 2.05) is 29.3 Å². The van der Waals surface area contributed by atoms with Crippen LogP contribution in [0.3, 0.4) is 0 Å². The van der Waals surface area contributed by atoms with Gasteiger partial charge in [0.05, 0.1) is 10.6 Å². The topological polar surface area (TPSA) is 72.1 Å². The van der Waals surface area contributed by atoms with Crippen molar-refractivity contribution in [1.82, 2.24) is 15.2 Å². The number of hydrogen-bond donors (Lipinski definition) is 0. The first-order chi connectivity index (χ1) is 12.2. The number of thioether (sulfide) groups is 1. The van der Waals surface area contributed by atoms with E-state index in [2.05, 4.69) is 15.2 Å². The molecular weight excluding hydrogens is 376 g/mol. The molecule has 1 saturated carbocycles. The summed E-state index contributed by atoms with van der Waals surface area (Å²) in [7, 11) is 0. The number of nitrogens with zero attached hydrogens (tertiary/aromatic N) is 4. The van der Waals surface area contributed by atoms with Crippen LogP contribution in [0.5, 0.6) is 0 Å². The fourth-order valence-electron chi connectivity index (χ4n) is 2.35. The second kappa shape index (κ2) is 7.27. The molecule has 0 aromatic carbocycles. The van der Waals surface area contributed by atoms with E-state index >= 15 is 0 Å². The summed E-state index contributed by atoms with van der Waals surface area (Å²) in [4.78, 5) is 19.5. The van der Waals surface area contributed by atoms with Crippen LogP contribution in [0.25, 0.3) is 10.8 Å². The monoisotopic (exact) mass is 392 g/mol. The summed E-state index contributed by atoms with van der Waals surface area (Å²) in [6.45, 7) is 1.88. The lowest BCUT2D eigenvalue weighted by molar-refractivity contribution is -0.118. The first-order valence-electron chi connectivity index (χ1n) is 8.01. The molecule has 0 aliphatic heterocycles. The van der Waals surface area contributed by atoms with E-state index in [0.717, 1.165) is 27.8 Å². The molecule has 1 amide bonds. The highest BCUT2D eigenvalue weighted by Crippen LogP contribution is 2.37. The normalized spacial score (nSPS) is 14.0. The van der Waals surface area contributed by atoms with Gasteiger partial charge in [-0.15, -0.1) is 21.5 Å². The van der Waals surface area contributed by atoms with Crippen LogP contribution < -0.4 is 4.90 Å². The highest BCUT2D eigenvalue weighted by atomic mass is 32.2. The Balaban J connectivity index is 1.40. The minimum atomic E-state index is 0.118. The van der Waals surface area contributed by atoms with Crippen molar-refractivity contribution in [3.05, 3.63) is 29.5 Å². The summed E-state index contributed by atoms with van der Waals surface area (Å²) in [5.74, 6) is 1.43. The second-order valence-corrected chi connectivity index (χ2v) is 8.74. The zero-order valence-corrected chi connectivity index (χ0v) is 16.0. The maximum Gasteiger partial charge on any atom is 0.236 e. The van der Waals surface area contributed by atoms with E-state index in [4.69, 9.17) is 4.42 Å². The third-order valence-corrected chi connectivity index (χ3v) is 6.66. The van der Waals surface area contributed by atoms with Crippen molar-refractivity contribution in [2.24, 2.45) is 0 Å². The molecule has 9 heteroatoms. The molecule has 0 N–H and O–H groups in total. The zero-order valence-electron chi connectivity index (χ0n) is 13.5. The van der Waals surface area contributed by atoms with Crippen LogP contribution in [-0.4, -0.2) is 27.1 Å². The van der Waals surface area contributed by atoms with Gasteiger partial charge in [-0.05, 0) is 24.3 Å². The van der Waals surface area contributed by atoms with Crippen molar-refractivity contribution in [2.45, 2.75) is 42.3 Å². The van der Waals surface area contributed by atoms with Crippen molar-refractivity contribution in [1.29, 1.82) is 0 Å². The highest BCUT2D eigenvalue weighted by Gasteiger charge is 2.35. The lowest BCUT2D eigenvalue weighted by Crippen LogP contribution is -2.32. The fourth-order valence-corrected chi connectivity index (χ4v) is 4.81. The van der Waals surface area contributed by atoms with Crippen LogP contribution in [0.2, 0.25) is 0 Å². The van der Waals surface area contributed by atoms with Gasteiger partial charge in [0.1, 0.15) is 6.26 Å². The Kier molecular flexibility index (Phi) is 4.87. The molecule has 0 bridgehead atoms. The van der Waals surface area contributed by atoms with E-state index in [1.54, 1.807) is 29.4 Å². The maximum absolute atomic E-state index is 12.1. The molecular formula is C16H16N4O2S3. The molecule has 0 spiro atoms. The number of carbonyl (C=O) groups is 1. The lowest BCUT2D eigenvalue weighted by Gasteiger charge is -2.17. The minimum absolute atomic E-state index is 0.118. The first-order valence-corrected chi connectivity index (χ1v) is 10.7. The average molecular weight is 393 g/mol. The summed E-state index contributed by atoms with van der Waals surface area (Å²) in [5, 5.41) is 11.1. The molecule has 3 heterocycles. The van der Waals surface area contributed by atoms with Gasteiger partial charge < -0.3 is 4.42 Å². The van der Waals surface area contributed by atoms with E-state index < -0.39 is 0 Å². The smallest absolute Gasteiger partial charge is 0.236 e. The number of anilines is 1. The number of oxazole rings is 1. The van der Waals surface area contributed by atoms with Crippen LogP contribution in [0.4, 0.5) is 5.13 Å². The van der Waals surface area contributed by atoms with Gasteiger partial charge in [0.15, 0.2) is 4.34 Å². The van der Waals surface area contributed by atoms with E-state index in [-0.39, 0.29) is 5.91 Å². The molecule has 0 atom stereocenters. The zero-order chi connectivity index (χ0) is 17.2. The molecule has 6 nitrogen and oxygen atoms in total. The molecule has 130 valence electrons. The molecule has 25 heavy (non-hydrogen) atoms. The van der Waals surface area contributed by atoms with Gasteiger partial charge in [-0.25, -0.2) is 4.98 Å². The van der Waals surface area contributed by atoms with E-state index in [0.29, 0.717) is 29.2 Å². The van der Waals surface area contributed by atoms with Crippen molar-refractivity contribution in [3.63, 3.8) is 0 Å². The average Bonchev–Trinajstić information content (AvgIpc) is 3.06. The number of rotatable bonds is 7. The minimum Gasteiger partial charge on any atom is -0.444 e. The van der Waals surface area contributed by atoms with Gasteiger partial charge in [0, 0.05) is 18.2 Å². The van der Waals surface area contributed by atoms with Gasteiger partial charge in [0.25, 0.3) is 0 Å². The number of thiophene rings is 1. The number of amides is 1. The number of aromatic nitrogens is 3. The Labute approximate surface area is 157 Å². The van der Waals surface area contributed by atoms with Gasteiger partial charge in [-0.3, -0.25) is 9.69 Å². The van der Waals surface area contributed by atoms with Crippen LogP contribution in [0, 0.1) is 0 Å². The van der Waals surface area contributed by atoms with Gasteiger partial charge in [0.2, 0.25) is 16.9 Å². The quantitative estimate of drug-likeness (QED) is 0.437. The van der Waals surface area contributed by atoms with Gasteiger partial charge >= 0.3 is 0 Å². The Morgan fingerprint density at radius 3 is 3.04 bits per heavy atom. The predicted molar refractivity (Wildman–Crippen MR) is 100 cm³/mol. The van der Waals surface area contributed by atoms with Crippen LogP contribution in [-0.2, 0) is 10.5 Å². The van der Waals surface area contributed by atoms with E-state index in [9.17, 15) is 4.79 Å². The summed E-state index contributed by atoms with van der Waals surface area (Å²) >= 11 is 4.63. The summed E-state index contributed by atoms with van der Waals surface area (Å²) in [6, 6.07) is 4.27.